The molecule has 0 unspecified atom stereocenters. The van der Waals surface area contributed by atoms with E-state index in [1.165, 1.54) is 5.56 Å². The van der Waals surface area contributed by atoms with Gasteiger partial charge in [-0.25, -0.2) is 14.8 Å². The summed E-state index contributed by atoms with van der Waals surface area (Å²) in [5, 5.41) is 8.91. The number of imidazole rings is 1. The molecule has 4 rings (SSSR count). The molecule has 0 bridgehead atoms. The zero-order valence-electron chi connectivity index (χ0n) is 19.2. The number of carbonyl (C=O) groups is 1. The van der Waals surface area contributed by atoms with Gasteiger partial charge in [-0.05, 0) is 24.6 Å². The Kier molecular flexibility index (Phi) is 7.19. The van der Waals surface area contributed by atoms with Gasteiger partial charge < -0.3 is 15.2 Å². The molecule has 2 heterocycles. The summed E-state index contributed by atoms with van der Waals surface area (Å²) >= 11 is 1.63. The predicted octanol–water partition coefficient (Wildman–Crippen LogP) is 5.85. The van der Waals surface area contributed by atoms with E-state index in [4.69, 9.17) is 4.98 Å². The molecule has 2 aromatic heterocycles. The van der Waals surface area contributed by atoms with Crippen LogP contribution in [0.1, 0.15) is 42.4 Å². The highest BCUT2D eigenvalue weighted by Crippen LogP contribution is 2.24. The van der Waals surface area contributed by atoms with Crippen LogP contribution >= 0.6 is 11.3 Å². The summed E-state index contributed by atoms with van der Waals surface area (Å²) in [5.41, 5.74) is 5.22. The molecule has 0 saturated carbocycles. The third kappa shape index (κ3) is 6.08. The highest BCUT2D eigenvalue weighted by atomic mass is 32.1. The molecule has 4 aromatic rings. The van der Waals surface area contributed by atoms with Crippen molar-refractivity contribution in [1.82, 2.24) is 19.9 Å². The van der Waals surface area contributed by atoms with Gasteiger partial charge in [-0.1, -0.05) is 55.8 Å². The average molecular weight is 460 g/mol. The molecule has 7 heteroatoms. The van der Waals surface area contributed by atoms with E-state index in [1.54, 1.807) is 11.3 Å². The number of nitrogens with one attached hydrogen (secondary N) is 2. The third-order valence-electron chi connectivity index (χ3n) is 5.32. The Labute approximate surface area is 198 Å². The zero-order chi connectivity index (χ0) is 23.2. The summed E-state index contributed by atoms with van der Waals surface area (Å²) < 4.78 is 2.14. The Morgan fingerprint density at radius 2 is 1.97 bits per heavy atom. The van der Waals surface area contributed by atoms with Crippen LogP contribution in [0.2, 0.25) is 0 Å². The number of benzene rings is 2. The van der Waals surface area contributed by atoms with Crippen LogP contribution in [-0.2, 0) is 13.0 Å². The Balaban J connectivity index is 1.28. The number of amides is 2. The number of aryl methyl sites for hydroxylation is 1. The molecule has 0 radical (unpaired) electrons. The van der Waals surface area contributed by atoms with E-state index in [0.717, 1.165) is 39.9 Å². The first kappa shape index (κ1) is 22.7. The molecular formula is C26H29N5OS. The molecule has 0 spiro atoms. The van der Waals surface area contributed by atoms with Gasteiger partial charge in [0, 0.05) is 54.5 Å². The molecule has 6 nitrogen and oxygen atoms in total. The second kappa shape index (κ2) is 10.4. The Morgan fingerprint density at radius 1 is 1.15 bits per heavy atom. The van der Waals surface area contributed by atoms with Gasteiger partial charge in [0.05, 0.1) is 5.69 Å². The molecule has 0 aliphatic heterocycles. The molecule has 2 amide bonds. The van der Waals surface area contributed by atoms with Crippen LogP contribution in [0.4, 0.5) is 10.5 Å². The Hall–Kier alpha value is -3.45. The van der Waals surface area contributed by atoms with E-state index < -0.39 is 0 Å². The van der Waals surface area contributed by atoms with Crippen LogP contribution in [0.15, 0.2) is 66.3 Å². The first-order valence-corrected chi connectivity index (χ1v) is 12.0. The smallest absolute Gasteiger partial charge is 0.319 e. The topological polar surface area (TPSA) is 71.8 Å². The van der Waals surface area contributed by atoms with E-state index in [0.29, 0.717) is 18.9 Å². The molecule has 0 aliphatic rings. The van der Waals surface area contributed by atoms with Gasteiger partial charge in [-0.15, -0.1) is 11.3 Å². The fourth-order valence-electron chi connectivity index (χ4n) is 3.63. The van der Waals surface area contributed by atoms with Crippen molar-refractivity contribution in [3.8, 4) is 10.6 Å². The van der Waals surface area contributed by atoms with Gasteiger partial charge in [-0.3, -0.25) is 0 Å². The van der Waals surface area contributed by atoms with Gasteiger partial charge in [0.15, 0.2) is 0 Å². The molecule has 2 aromatic carbocycles. The number of anilines is 1. The molecule has 0 atom stereocenters. The van der Waals surface area contributed by atoms with E-state index >= 15 is 0 Å². The second-order valence-electron chi connectivity index (χ2n) is 8.41. The minimum atomic E-state index is -0.216. The Morgan fingerprint density at radius 3 is 2.76 bits per heavy atom. The number of rotatable bonds is 8. The minimum absolute atomic E-state index is 0.216. The summed E-state index contributed by atoms with van der Waals surface area (Å²) in [6.07, 6.45) is 4.51. The highest BCUT2D eigenvalue weighted by Gasteiger charge is 2.09. The van der Waals surface area contributed by atoms with Gasteiger partial charge >= 0.3 is 6.03 Å². The van der Waals surface area contributed by atoms with Crippen LogP contribution in [0.25, 0.3) is 10.6 Å². The number of hydrogen-bond acceptors (Lipinski definition) is 4. The maximum Gasteiger partial charge on any atom is 0.319 e. The molecular weight excluding hydrogens is 430 g/mol. The molecule has 170 valence electrons. The van der Waals surface area contributed by atoms with Crippen molar-refractivity contribution in [1.29, 1.82) is 0 Å². The molecule has 33 heavy (non-hydrogen) atoms. The monoisotopic (exact) mass is 459 g/mol. The highest BCUT2D eigenvalue weighted by molar-refractivity contribution is 7.13. The lowest BCUT2D eigenvalue weighted by Crippen LogP contribution is -2.30. The van der Waals surface area contributed by atoms with Crippen LogP contribution in [-0.4, -0.2) is 27.1 Å². The summed E-state index contributed by atoms with van der Waals surface area (Å²) in [6, 6.07) is 16.1. The van der Waals surface area contributed by atoms with Crippen molar-refractivity contribution in [3.63, 3.8) is 0 Å². The van der Waals surface area contributed by atoms with Gasteiger partial charge in [0.1, 0.15) is 10.8 Å². The van der Waals surface area contributed by atoms with Gasteiger partial charge in [0.2, 0.25) is 0 Å². The van der Waals surface area contributed by atoms with Crippen LogP contribution in [0.5, 0.6) is 0 Å². The molecule has 0 fully saturated rings. The summed E-state index contributed by atoms with van der Waals surface area (Å²) in [4.78, 5) is 21.5. The van der Waals surface area contributed by atoms with Gasteiger partial charge in [0.25, 0.3) is 0 Å². The average Bonchev–Trinajstić information content (AvgIpc) is 3.44. The first-order chi connectivity index (χ1) is 16.0. The van der Waals surface area contributed by atoms with Crippen molar-refractivity contribution in [2.45, 2.75) is 39.7 Å². The summed E-state index contributed by atoms with van der Waals surface area (Å²) in [5.74, 6) is 1.41. The van der Waals surface area contributed by atoms with E-state index in [1.807, 2.05) is 30.6 Å². The summed E-state index contributed by atoms with van der Waals surface area (Å²) in [6.45, 7) is 7.59. The van der Waals surface area contributed by atoms with E-state index in [2.05, 4.69) is 76.7 Å². The maximum absolute atomic E-state index is 12.4. The first-order valence-electron chi connectivity index (χ1n) is 11.1. The van der Waals surface area contributed by atoms with Crippen molar-refractivity contribution >= 4 is 23.1 Å². The van der Waals surface area contributed by atoms with E-state index in [-0.39, 0.29) is 6.03 Å². The number of aromatic nitrogens is 3. The fourth-order valence-corrected chi connectivity index (χ4v) is 4.49. The lowest BCUT2D eigenvalue weighted by atomic mass is 10.1. The number of carbonyl (C=O) groups excluding carboxylic acids is 1. The van der Waals surface area contributed by atoms with Crippen molar-refractivity contribution in [2.75, 3.05) is 11.9 Å². The van der Waals surface area contributed by atoms with Crippen molar-refractivity contribution in [2.24, 2.45) is 0 Å². The second-order valence-corrected chi connectivity index (χ2v) is 9.27. The fraction of sp³-hybridized carbons (Fsp3) is 0.269. The predicted molar refractivity (Wildman–Crippen MR) is 135 cm³/mol. The van der Waals surface area contributed by atoms with E-state index in [9.17, 15) is 4.79 Å². The van der Waals surface area contributed by atoms with Crippen molar-refractivity contribution in [3.05, 3.63) is 88.9 Å². The molecule has 2 N–H and O–H groups in total. The molecule has 0 saturated heterocycles. The number of hydrogen-bond donors (Lipinski definition) is 2. The minimum Gasteiger partial charge on any atom is -0.337 e. The lowest BCUT2D eigenvalue weighted by Gasteiger charge is -2.12. The van der Waals surface area contributed by atoms with Crippen LogP contribution in [0, 0.1) is 6.92 Å². The number of urea groups is 1. The van der Waals surface area contributed by atoms with Crippen molar-refractivity contribution < 1.29 is 4.79 Å². The zero-order valence-corrected chi connectivity index (χ0v) is 20.0. The third-order valence-corrected chi connectivity index (χ3v) is 6.26. The number of thiazole rings is 1. The standard InChI is InChI=1S/C26H29N5OS/c1-18(2)24-27-13-14-31(24)16-20-5-4-6-22(15-20)30-26(32)28-12-11-23-17-33-25(29-23)21-9-7-19(3)8-10-21/h4-10,13-15,17-18H,11-12,16H2,1-3H3,(H2,28,30,32). The molecule has 0 aliphatic carbocycles. The number of nitrogens with zero attached hydrogens (tertiary/aromatic N) is 3. The maximum atomic E-state index is 12.4. The Bertz CT molecular complexity index is 1210. The van der Waals surface area contributed by atoms with Crippen LogP contribution in [0.3, 0.4) is 0 Å². The van der Waals surface area contributed by atoms with Gasteiger partial charge in [-0.2, -0.15) is 0 Å². The SMILES string of the molecule is Cc1ccc(-c2nc(CCNC(=O)Nc3cccc(Cn4ccnc4C(C)C)c3)cs2)cc1. The largest absolute Gasteiger partial charge is 0.337 e. The lowest BCUT2D eigenvalue weighted by molar-refractivity contribution is 0.252. The summed E-state index contributed by atoms with van der Waals surface area (Å²) in [7, 11) is 0. The van der Waals surface area contributed by atoms with Crippen LogP contribution < -0.4 is 10.6 Å². The quantitative estimate of drug-likeness (QED) is 0.347. The normalized spacial score (nSPS) is 11.0.